The van der Waals surface area contributed by atoms with E-state index in [9.17, 15) is 22.8 Å². The summed E-state index contributed by atoms with van der Waals surface area (Å²) in [6.45, 7) is 5.61. The Balaban J connectivity index is 1.90. The molecule has 0 saturated carbocycles. The van der Waals surface area contributed by atoms with Crippen LogP contribution < -0.4 is 10.6 Å². The van der Waals surface area contributed by atoms with Gasteiger partial charge in [-0.2, -0.15) is 4.31 Å². The van der Waals surface area contributed by atoms with E-state index in [1.54, 1.807) is 20.8 Å². The normalized spacial score (nSPS) is 15.4. The minimum Gasteiger partial charge on any atom is -0.452 e. The smallest absolute Gasteiger partial charge is 0.338 e. The summed E-state index contributed by atoms with van der Waals surface area (Å²) >= 11 is 0. The Morgan fingerprint density at radius 3 is 2.17 bits per heavy atom. The summed E-state index contributed by atoms with van der Waals surface area (Å²) in [6.07, 6.45) is 2.68. The van der Waals surface area contributed by atoms with E-state index in [4.69, 9.17) is 4.74 Å². The Hall–Kier alpha value is -2.46. The fourth-order valence-electron chi connectivity index (χ4n) is 2.77. The number of piperidine rings is 1. The van der Waals surface area contributed by atoms with Crippen molar-refractivity contribution in [1.29, 1.82) is 0 Å². The van der Waals surface area contributed by atoms with Gasteiger partial charge >= 0.3 is 12.0 Å². The Bertz CT molecular complexity index is 853. The van der Waals surface area contributed by atoms with E-state index in [0.29, 0.717) is 13.1 Å². The summed E-state index contributed by atoms with van der Waals surface area (Å²) in [5, 5.41) is 4.60. The second-order valence-corrected chi connectivity index (χ2v) is 9.76. The molecule has 1 aromatic carbocycles. The SMILES string of the molecule is CC(C)(C)NC(=O)NC(=O)COC(=O)c1ccc(S(=O)(=O)N2CCCCC2)cc1. The van der Waals surface area contributed by atoms with Crippen molar-refractivity contribution in [2.24, 2.45) is 0 Å². The van der Waals surface area contributed by atoms with Gasteiger partial charge in [-0.25, -0.2) is 18.0 Å². The number of hydrogen-bond acceptors (Lipinski definition) is 6. The molecule has 160 valence electrons. The number of ether oxygens (including phenoxy) is 1. The molecule has 29 heavy (non-hydrogen) atoms. The number of nitrogens with zero attached hydrogens (tertiary/aromatic N) is 1. The lowest BCUT2D eigenvalue weighted by molar-refractivity contribution is -0.123. The van der Waals surface area contributed by atoms with Crippen LogP contribution in [-0.2, 0) is 19.6 Å². The fourth-order valence-corrected chi connectivity index (χ4v) is 4.28. The van der Waals surface area contributed by atoms with Crippen LogP contribution in [0.2, 0.25) is 0 Å². The van der Waals surface area contributed by atoms with Gasteiger partial charge in [-0.15, -0.1) is 0 Å². The van der Waals surface area contributed by atoms with E-state index in [1.165, 1.54) is 28.6 Å². The zero-order valence-corrected chi connectivity index (χ0v) is 17.7. The molecule has 2 rings (SSSR count). The van der Waals surface area contributed by atoms with Gasteiger partial charge in [-0.05, 0) is 57.9 Å². The highest BCUT2D eigenvalue weighted by Gasteiger charge is 2.26. The summed E-state index contributed by atoms with van der Waals surface area (Å²) < 4.78 is 31.5. The molecule has 1 aromatic rings. The summed E-state index contributed by atoms with van der Waals surface area (Å²) in [6, 6.07) is 4.67. The molecular weight excluding hydrogens is 398 g/mol. The summed E-state index contributed by atoms with van der Waals surface area (Å²) in [5.41, 5.74) is -0.410. The molecule has 1 aliphatic rings. The van der Waals surface area contributed by atoms with Crippen LogP contribution in [0, 0.1) is 0 Å². The number of urea groups is 1. The first-order chi connectivity index (χ1) is 13.5. The third kappa shape index (κ3) is 6.82. The zero-order valence-electron chi connectivity index (χ0n) is 16.9. The van der Waals surface area contributed by atoms with E-state index in [-0.39, 0.29) is 10.5 Å². The first kappa shape index (κ1) is 22.8. The number of esters is 1. The lowest BCUT2D eigenvalue weighted by atomic mass is 10.1. The molecular formula is C19H27N3O6S. The predicted octanol–water partition coefficient (Wildman–Crippen LogP) is 1.64. The largest absolute Gasteiger partial charge is 0.452 e. The van der Waals surface area contributed by atoms with Gasteiger partial charge in [-0.3, -0.25) is 10.1 Å². The molecule has 0 spiro atoms. The number of carbonyl (C=O) groups is 3. The van der Waals surface area contributed by atoms with Crippen LogP contribution in [0.3, 0.4) is 0 Å². The van der Waals surface area contributed by atoms with Gasteiger partial charge in [-0.1, -0.05) is 6.42 Å². The molecule has 1 heterocycles. The highest BCUT2D eigenvalue weighted by atomic mass is 32.2. The Labute approximate surface area is 170 Å². The van der Waals surface area contributed by atoms with Crippen molar-refractivity contribution >= 4 is 27.9 Å². The molecule has 0 atom stereocenters. The van der Waals surface area contributed by atoms with Crippen LogP contribution in [0.5, 0.6) is 0 Å². The third-order valence-corrected chi connectivity index (χ3v) is 6.03. The first-order valence-corrected chi connectivity index (χ1v) is 10.8. The van der Waals surface area contributed by atoms with Crippen LogP contribution in [0.1, 0.15) is 50.4 Å². The van der Waals surface area contributed by atoms with Crippen molar-refractivity contribution in [2.75, 3.05) is 19.7 Å². The third-order valence-electron chi connectivity index (χ3n) is 4.12. The highest BCUT2D eigenvalue weighted by molar-refractivity contribution is 7.89. The standard InChI is InChI=1S/C19H27N3O6S/c1-19(2,3)21-18(25)20-16(23)13-28-17(24)14-7-9-15(10-8-14)29(26,27)22-11-5-4-6-12-22/h7-10H,4-6,11-13H2,1-3H3,(H2,20,21,23,25). The fraction of sp³-hybridized carbons (Fsp3) is 0.526. The number of imide groups is 1. The van der Waals surface area contributed by atoms with Crippen molar-refractivity contribution in [3.05, 3.63) is 29.8 Å². The highest BCUT2D eigenvalue weighted by Crippen LogP contribution is 2.21. The van der Waals surface area contributed by atoms with Crippen LogP contribution in [0.4, 0.5) is 4.79 Å². The molecule has 10 heteroatoms. The van der Waals surface area contributed by atoms with Gasteiger partial charge in [0, 0.05) is 18.6 Å². The molecule has 0 aliphatic carbocycles. The van der Waals surface area contributed by atoms with Crippen molar-refractivity contribution in [3.63, 3.8) is 0 Å². The molecule has 0 unspecified atom stereocenters. The molecule has 9 nitrogen and oxygen atoms in total. The van der Waals surface area contributed by atoms with Crippen molar-refractivity contribution in [1.82, 2.24) is 14.9 Å². The number of hydrogen-bond donors (Lipinski definition) is 2. The molecule has 2 N–H and O–H groups in total. The Morgan fingerprint density at radius 1 is 1.03 bits per heavy atom. The number of carbonyl (C=O) groups excluding carboxylic acids is 3. The lowest BCUT2D eigenvalue weighted by Crippen LogP contribution is -2.49. The minimum atomic E-state index is -3.59. The average molecular weight is 426 g/mol. The second kappa shape index (κ2) is 9.36. The number of sulfonamides is 1. The molecule has 1 saturated heterocycles. The van der Waals surface area contributed by atoms with E-state index >= 15 is 0 Å². The quantitative estimate of drug-likeness (QED) is 0.692. The summed E-state index contributed by atoms with van der Waals surface area (Å²) in [4.78, 5) is 35.5. The lowest BCUT2D eigenvalue weighted by Gasteiger charge is -2.25. The molecule has 0 radical (unpaired) electrons. The second-order valence-electron chi connectivity index (χ2n) is 7.82. The van der Waals surface area contributed by atoms with Gasteiger partial charge in [0.25, 0.3) is 5.91 Å². The molecule has 0 bridgehead atoms. The Morgan fingerprint density at radius 2 is 1.62 bits per heavy atom. The molecule has 1 fully saturated rings. The number of amides is 3. The van der Waals surface area contributed by atoms with Crippen molar-refractivity contribution in [2.45, 2.75) is 50.5 Å². The van der Waals surface area contributed by atoms with Crippen LogP contribution in [0.25, 0.3) is 0 Å². The topological polar surface area (TPSA) is 122 Å². The average Bonchev–Trinajstić information content (AvgIpc) is 2.65. The number of benzene rings is 1. The van der Waals surface area contributed by atoms with Gasteiger partial charge < -0.3 is 10.1 Å². The van der Waals surface area contributed by atoms with Crippen molar-refractivity contribution < 1.29 is 27.5 Å². The van der Waals surface area contributed by atoms with Crippen molar-refractivity contribution in [3.8, 4) is 0 Å². The maximum atomic E-state index is 12.6. The molecule has 3 amide bonds. The van der Waals surface area contributed by atoms with Gasteiger partial charge in [0.15, 0.2) is 6.61 Å². The maximum absolute atomic E-state index is 12.6. The predicted molar refractivity (Wildman–Crippen MR) is 106 cm³/mol. The molecule has 1 aliphatic heterocycles. The minimum absolute atomic E-state index is 0.104. The Kier molecular flexibility index (Phi) is 7.37. The van der Waals surface area contributed by atoms with Crippen LogP contribution in [0.15, 0.2) is 29.2 Å². The zero-order chi connectivity index (χ0) is 21.7. The van der Waals surface area contributed by atoms with Crippen LogP contribution >= 0.6 is 0 Å². The maximum Gasteiger partial charge on any atom is 0.338 e. The van der Waals surface area contributed by atoms with Crippen LogP contribution in [-0.4, -0.2) is 55.9 Å². The van der Waals surface area contributed by atoms with Gasteiger partial charge in [0.2, 0.25) is 10.0 Å². The van der Waals surface area contributed by atoms with E-state index in [0.717, 1.165) is 19.3 Å². The summed E-state index contributed by atoms with van der Waals surface area (Å²) in [7, 11) is -3.59. The van der Waals surface area contributed by atoms with Gasteiger partial charge in [0.05, 0.1) is 10.5 Å². The molecule has 0 aromatic heterocycles. The van der Waals surface area contributed by atoms with E-state index in [1.807, 2.05) is 0 Å². The van der Waals surface area contributed by atoms with E-state index < -0.39 is 40.1 Å². The first-order valence-electron chi connectivity index (χ1n) is 9.38. The number of nitrogens with one attached hydrogen (secondary N) is 2. The monoisotopic (exact) mass is 425 g/mol. The van der Waals surface area contributed by atoms with E-state index in [2.05, 4.69) is 10.6 Å². The van der Waals surface area contributed by atoms with Gasteiger partial charge in [0.1, 0.15) is 0 Å². The number of rotatable bonds is 5. The summed E-state index contributed by atoms with van der Waals surface area (Å²) in [5.74, 6) is -1.57.